The Morgan fingerprint density at radius 3 is 2.36 bits per heavy atom. The molecule has 0 aromatic carbocycles. The fourth-order valence-corrected chi connectivity index (χ4v) is 1.87. The minimum atomic E-state index is 0.0671. The minimum absolute atomic E-state index is 0.0671. The molecule has 0 bridgehead atoms. The van der Waals surface area contributed by atoms with Gasteiger partial charge in [0.2, 0.25) is 0 Å². The summed E-state index contributed by atoms with van der Waals surface area (Å²) in [6.07, 6.45) is 5.94. The van der Waals surface area contributed by atoms with Gasteiger partial charge in [0.25, 0.3) is 0 Å². The van der Waals surface area contributed by atoms with Crippen LogP contribution in [0.5, 0.6) is 0 Å². The molecule has 0 aromatic rings. The third-order valence-electron chi connectivity index (χ3n) is 2.61. The second kappa shape index (κ2) is 4.29. The zero-order valence-corrected chi connectivity index (χ0v) is 10.2. The fourth-order valence-electron chi connectivity index (χ4n) is 1.87. The van der Waals surface area contributed by atoms with E-state index in [2.05, 4.69) is 45.8 Å². The first-order valence-corrected chi connectivity index (χ1v) is 5.67. The van der Waals surface area contributed by atoms with Crippen molar-refractivity contribution in [3.05, 3.63) is 11.1 Å². The van der Waals surface area contributed by atoms with Gasteiger partial charge in [0, 0.05) is 6.21 Å². The minimum Gasteiger partial charge on any atom is -0.287 e. The van der Waals surface area contributed by atoms with E-state index in [1.807, 2.05) is 0 Å². The first-order valence-electron chi connectivity index (χ1n) is 5.67. The molecule has 0 spiro atoms. The summed E-state index contributed by atoms with van der Waals surface area (Å²) in [5, 5.41) is 0. The molecule has 0 radical (unpaired) electrons. The second-order valence-corrected chi connectivity index (χ2v) is 5.49. The number of nitrogens with zero attached hydrogens (tertiary/aromatic N) is 1. The van der Waals surface area contributed by atoms with Crippen LogP contribution in [0.25, 0.3) is 0 Å². The van der Waals surface area contributed by atoms with Crippen LogP contribution >= 0.6 is 0 Å². The highest BCUT2D eigenvalue weighted by atomic mass is 14.8. The molecule has 1 aliphatic rings. The van der Waals surface area contributed by atoms with Gasteiger partial charge in [0.15, 0.2) is 0 Å². The molecule has 1 aliphatic carbocycles. The SMILES string of the molecule is CC(C)C1=C(/C=N/C(C)(C)C)CCC1. The van der Waals surface area contributed by atoms with E-state index in [0.717, 1.165) is 0 Å². The molecule has 0 saturated carbocycles. The van der Waals surface area contributed by atoms with Crippen molar-refractivity contribution in [3.8, 4) is 0 Å². The van der Waals surface area contributed by atoms with Crippen molar-refractivity contribution in [2.75, 3.05) is 0 Å². The summed E-state index contributed by atoms with van der Waals surface area (Å²) in [6.45, 7) is 11.0. The van der Waals surface area contributed by atoms with Gasteiger partial charge in [-0.1, -0.05) is 19.4 Å². The van der Waals surface area contributed by atoms with Crippen LogP contribution in [0, 0.1) is 5.92 Å². The second-order valence-electron chi connectivity index (χ2n) is 5.49. The highest BCUT2D eigenvalue weighted by Crippen LogP contribution is 2.30. The van der Waals surface area contributed by atoms with E-state index >= 15 is 0 Å². The van der Waals surface area contributed by atoms with Gasteiger partial charge < -0.3 is 0 Å². The summed E-state index contributed by atoms with van der Waals surface area (Å²) in [5.41, 5.74) is 3.19. The van der Waals surface area contributed by atoms with Crippen molar-refractivity contribution >= 4 is 6.21 Å². The van der Waals surface area contributed by atoms with Gasteiger partial charge in [-0.15, -0.1) is 0 Å². The number of aliphatic imine (C=N–C) groups is 1. The van der Waals surface area contributed by atoms with Crippen molar-refractivity contribution in [1.82, 2.24) is 0 Å². The summed E-state index contributed by atoms with van der Waals surface area (Å²) in [5.74, 6) is 0.693. The average molecular weight is 193 g/mol. The van der Waals surface area contributed by atoms with Gasteiger partial charge in [-0.2, -0.15) is 0 Å². The molecular formula is C13H23N. The zero-order chi connectivity index (χ0) is 10.8. The van der Waals surface area contributed by atoms with Gasteiger partial charge in [0.1, 0.15) is 0 Å². The third kappa shape index (κ3) is 3.28. The van der Waals surface area contributed by atoms with E-state index in [1.54, 1.807) is 5.57 Å². The van der Waals surface area contributed by atoms with Gasteiger partial charge in [-0.25, -0.2) is 0 Å². The lowest BCUT2D eigenvalue weighted by Crippen LogP contribution is -2.10. The molecule has 0 fully saturated rings. The van der Waals surface area contributed by atoms with Crippen molar-refractivity contribution < 1.29 is 0 Å². The lowest BCUT2D eigenvalue weighted by atomic mass is 10.00. The van der Waals surface area contributed by atoms with E-state index in [0.29, 0.717) is 5.92 Å². The maximum atomic E-state index is 4.59. The molecule has 0 N–H and O–H groups in total. The highest BCUT2D eigenvalue weighted by molar-refractivity contribution is 5.80. The average Bonchev–Trinajstić information content (AvgIpc) is 2.46. The molecule has 0 atom stereocenters. The summed E-state index contributed by atoms with van der Waals surface area (Å²) < 4.78 is 0. The van der Waals surface area contributed by atoms with Crippen LogP contribution in [0.1, 0.15) is 53.9 Å². The number of rotatable bonds is 2. The van der Waals surface area contributed by atoms with E-state index in [9.17, 15) is 0 Å². The standard InChI is InChI=1S/C13H23N/c1-10(2)12-8-6-7-11(12)9-14-13(3,4)5/h9-10H,6-8H2,1-5H3/b14-9+. The van der Waals surface area contributed by atoms with Crippen LogP contribution in [-0.2, 0) is 0 Å². The number of allylic oxidation sites excluding steroid dienone is 2. The lowest BCUT2D eigenvalue weighted by Gasteiger charge is -2.12. The van der Waals surface area contributed by atoms with E-state index in [4.69, 9.17) is 0 Å². The molecule has 1 rings (SSSR count). The van der Waals surface area contributed by atoms with E-state index < -0.39 is 0 Å². The van der Waals surface area contributed by atoms with Crippen molar-refractivity contribution in [2.45, 2.75) is 59.4 Å². The lowest BCUT2D eigenvalue weighted by molar-refractivity contribution is 0.586. The molecule has 0 aliphatic heterocycles. The number of hydrogen-bond acceptors (Lipinski definition) is 1. The van der Waals surface area contributed by atoms with E-state index in [1.165, 1.54) is 24.8 Å². The molecule has 1 nitrogen and oxygen atoms in total. The monoisotopic (exact) mass is 193 g/mol. The van der Waals surface area contributed by atoms with Crippen LogP contribution in [0.15, 0.2) is 16.1 Å². The van der Waals surface area contributed by atoms with Crippen LogP contribution in [0.3, 0.4) is 0 Å². The molecule has 0 amide bonds. The first kappa shape index (κ1) is 11.5. The zero-order valence-electron chi connectivity index (χ0n) is 10.2. The Kier molecular flexibility index (Phi) is 3.52. The Labute approximate surface area is 88.3 Å². The Hall–Kier alpha value is -0.590. The smallest absolute Gasteiger partial charge is 0.0524 e. The summed E-state index contributed by atoms with van der Waals surface area (Å²) in [7, 11) is 0. The number of hydrogen-bond donors (Lipinski definition) is 0. The fraction of sp³-hybridized carbons (Fsp3) is 0.769. The topological polar surface area (TPSA) is 12.4 Å². The van der Waals surface area contributed by atoms with Gasteiger partial charge in [-0.05, 0) is 51.5 Å². The highest BCUT2D eigenvalue weighted by Gasteiger charge is 2.16. The molecular weight excluding hydrogens is 170 g/mol. The first-order chi connectivity index (χ1) is 6.40. The van der Waals surface area contributed by atoms with Gasteiger partial charge in [0.05, 0.1) is 5.54 Å². The summed E-state index contributed by atoms with van der Waals surface area (Å²) in [4.78, 5) is 4.59. The molecule has 14 heavy (non-hydrogen) atoms. The Morgan fingerprint density at radius 2 is 1.86 bits per heavy atom. The van der Waals surface area contributed by atoms with Crippen LogP contribution in [-0.4, -0.2) is 11.8 Å². The Bertz CT molecular complexity index is 251. The van der Waals surface area contributed by atoms with E-state index in [-0.39, 0.29) is 5.54 Å². The maximum absolute atomic E-state index is 4.59. The summed E-state index contributed by atoms with van der Waals surface area (Å²) in [6, 6.07) is 0. The maximum Gasteiger partial charge on any atom is 0.0524 e. The molecule has 0 unspecified atom stereocenters. The summed E-state index contributed by atoms with van der Waals surface area (Å²) >= 11 is 0. The van der Waals surface area contributed by atoms with Crippen molar-refractivity contribution in [1.29, 1.82) is 0 Å². The van der Waals surface area contributed by atoms with Crippen LogP contribution in [0.2, 0.25) is 0 Å². The van der Waals surface area contributed by atoms with Gasteiger partial charge >= 0.3 is 0 Å². The largest absolute Gasteiger partial charge is 0.287 e. The van der Waals surface area contributed by atoms with Crippen molar-refractivity contribution in [2.24, 2.45) is 10.9 Å². The molecule has 0 saturated heterocycles. The molecule has 0 aromatic heterocycles. The van der Waals surface area contributed by atoms with Crippen molar-refractivity contribution in [3.63, 3.8) is 0 Å². The predicted molar refractivity (Wildman–Crippen MR) is 64.0 cm³/mol. The van der Waals surface area contributed by atoms with Crippen LogP contribution < -0.4 is 0 Å². The Morgan fingerprint density at radius 1 is 1.21 bits per heavy atom. The normalized spacial score (nSPS) is 19.0. The third-order valence-corrected chi connectivity index (χ3v) is 2.61. The van der Waals surface area contributed by atoms with Gasteiger partial charge in [-0.3, -0.25) is 4.99 Å². The molecule has 1 heteroatoms. The van der Waals surface area contributed by atoms with Crippen LogP contribution in [0.4, 0.5) is 0 Å². The molecule has 0 heterocycles. The Balaban J connectivity index is 2.77. The quantitative estimate of drug-likeness (QED) is 0.588. The predicted octanol–water partition coefficient (Wildman–Crippen LogP) is 3.99. The molecule has 80 valence electrons.